The molecule has 0 aliphatic heterocycles. The Morgan fingerprint density at radius 1 is 1.00 bits per heavy atom. The second kappa shape index (κ2) is 5.58. The number of aryl methyl sites for hydroxylation is 2. The van der Waals surface area contributed by atoms with E-state index in [4.69, 9.17) is 5.26 Å². The number of sulfonamides is 1. The molecule has 0 spiro atoms. The first kappa shape index (κ1) is 15.1. The molecule has 108 valence electrons. The van der Waals surface area contributed by atoms with Crippen molar-refractivity contribution in [2.24, 2.45) is 0 Å². The number of benzene rings is 2. The highest BCUT2D eigenvalue weighted by Gasteiger charge is 2.21. The molecule has 0 aliphatic rings. The molecule has 0 saturated carbocycles. The molecule has 2 aromatic carbocycles. The average molecular weight is 300 g/mol. The van der Waals surface area contributed by atoms with Gasteiger partial charge in [-0.3, -0.25) is 4.31 Å². The number of nitrogens with zero attached hydrogens (tertiary/aromatic N) is 2. The van der Waals surface area contributed by atoms with Gasteiger partial charge in [-0.25, -0.2) is 8.42 Å². The lowest BCUT2D eigenvalue weighted by atomic mass is 10.1. The van der Waals surface area contributed by atoms with E-state index in [2.05, 4.69) is 0 Å². The maximum Gasteiger partial charge on any atom is 0.264 e. The van der Waals surface area contributed by atoms with Gasteiger partial charge in [-0.15, -0.1) is 0 Å². The normalized spacial score (nSPS) is 11.0. The Bertz CT molecular complexity index is 783. The summed E-state index contributed by atoms with van der Waals surface area (Å²) in [6, 6.07) is 13.5. The van der Waals surface area contributed by atoms with Gasteiger partial charge in [0.05, 0.1) is 22.2 Å². The molecule has 0 fully saturated rings. The molecule has 0 radical (unpaired) electrons. The zero-order chi connectivity index (χ0) is 15.6. The maximum absolute atomic E-state index is 12.6. The predicted octanol–water partition coefficient (Wildman–Crippen LogP) is 3.00. The third-order valence-electron chi connectivity index (χ3n) is 3.21. The van der Waals surface area contributed by atoms with Crippen molar-refractivity contribution in [1.29, 1.82) is 5.26 Å². The molecule has 0 N–H and O–H groups in total. The summed E-state index contributed by atoms with van der Waals surface area (Å²) in [6.45, 7) is 3.86. The summed E-state index contributed by atoms with van der Waals surface area (Å²) in [5.74, 6) is 0. The van der Waals surface area contributed by atoms with E-state index in [0.717, 1.165) is 11.1 Å². The fraction of sp³-hybridized carbons (Fsp3) is 0.188. The molecule has 4 nitrogen and oxygen atoms in total. The van der Waals surface area contributed by atoms with Gasteiger partial charge < -0.3 is 0 Å². The topological polar surface area (TPSA) is 61.2 Å². The summed E-state index contributed by atoms with van der Waals surface area (Å²) in [5.41, 5.74) is 3.07. The van der Waals surface area contributed by atoms with Crippen molar-refractivity contribution in [1.82, 2.24) is 0 Å². The molecule has 0 unspecified atom stereocenters. The van der Waals surface area contributed by atoms with E-state index >= 15 is 0 Å². The number of nitriles is 1. The van der Waals surface area contributed by atoms with Crippen LogP contribution in [0.3, 0.4) is 0 Å². The molecule has 0 aromatic heterocycles. The minimum Gasteiger partial charge on any atom is -0.269 e. The molecule has 0 amide bonds. The molecular weight excluding hydrogens is 284 g/mol. The number of hydrogen-bond donors (Lipinski definition) is 0. The minimum atomic E-state index is -3.63. The predicted molar refractivity (Wildman–Crippen MR) is 82.7 cm³/mol. The first-order valence-electron chi connectivity index (χ1n) is 6.42. The number of hydrogen-bond acceptors (Lipinski definition) is 3. The van der Waals surface area contributed by atoms with Crippen molar-refractivity contribution < 1.29 is 8.42 Å². The van der Waals surface area contributed by atoms with Crippen molar-refractivity contribution in [3.8, 4) is 6.07 Å². The molecule has 2 rings (SSSR count). The van der Waals surface area contributed by atoms with Gasteiger partial charge in [-0.1, -0.05) is 6.07 Å². The Morgan fingerprint density at radius 2 is 1.52 bits per heavy atom. The first-order valence-corrected chi connectivity index (χ1v) is 7.86. The summed E-state index contributed by atoms with van der Waals surface area (Å²) in [7, 11) is -2.10. The summed E-state index contributed by atoms with van der Waals surface area (Å²) in [6.07, 6.45) is 0. The van der Waals surface area contributed by atoms with Crippen molar-refractivity contribution in [3.63, 3.8) is 0 Å². The van der Waals surface area contributed by atoms with Crippen LogP contribution >= 0.6 is 0 Å². The Labute approximate surface area is 125 Å². The Morgan fingerprint density at radius 3 is 2.00 bits per heavy atom. The highest BCUT2D eigenvalue weighted by Crippen LogP contribution is 2.24. The van der Waals surface area contributed by atoms with Crippen molar-refractivity contribution in [2.75, 3.05) is 11.4 Å². The van der Waals surface area contributed by atoms with Crippen LogP contribution in [0.1, 0.15) is 16.7 Å². The summed E-state index contributed by atoms with van der Waals surface area (Å²) < 4.78 is 26.5. The Hall–Kier alpha value is -2.32. The van der Waals surface area contributed by atoms with Crippen LogP contribution in [0.5, 0.6) is 0 Å². The highest BCUT2D eigenvalue weighted by atomic mass is 32.2. The lowest BCUT2D eigenvalue weighted by Gasteiger charge is -2.20. The summed E-state index contributed by atoms with van der Waals surface area (Å²) >= 11 is 0. The third kappa shape index (κ3) is 3.06. The van der Waals surface area contributed by atoms with Gasteiger partial charge in [-0.2, -0.15) is 5.26 Å². The molecular formula is C16H16N2O2S. The van der Waals surface area contributed by atoms with Gasteiger partial charge in [0.1, 0.15) is 0 Å². The van der Waals surface area contributed by atoms with Crippen LogP contribution in [0.4, 0.5) is 5.69 Å². The maximum atomic E-state index is 12.6. The summed E-state index contributed by atoms with van der Waals surface area (Å²) in [5, 5.41) is 8.77. The molecule has 5 heteroatoms. The van der Waals surface area contributed by atoms with Crippen molar-refractivity contribution in [2.45, 2.75) is 18.7 Å². The van der Waals surface area contributed by atoms with Gasteiger partial charge in [0.25, 0.3) is 10.0 Å². The fourth-order valence-corrected chi connectivity index (χ4v) is 3.31. The lowest BCUT2D eigenvalue weighted by molar-refractivity contribution is 0.594. The van der Waals surface area contributed by atoms with Crippen LogP contribution in [0.25, 0.3) is 0 Å². The second-order valence-corrected chi connectivity index (χ2v) is 6.92. The van der Waals surface area contributed by atoms with Crippen LogP contribution < -0.4 is 4.31 Å². The van der Waals surface area contributed by atoms with Crippen LogP contribution in [-0.4, -0.2) is 15.5 Å². The highest BCUT2D eigenvalue weighted by molar-refractivity contribution is 7.92. The molecule has 0 heterocycles. The standard InChI is InChI=1S/C16H16N2O2S/c1-12-8-13(2)10-15(9-12)18(3)21(19,20)16-6-4-14(11-17)5-7-16/h4-10H,1-3H3. The molecule has 0 atom stereocenters. The lowest BCUT2D eigenvalue weighted by Crippen LogP contribution is -2.26. The SMILES string of the molecule is Cc1cc(C)cc(N(C)S(=O)(=O)c2ccc(C#N)cc2)c1. The van der Waals surface area contributed by atoms with Crippen LogP contribution in [0, 0.1) is 25.2 Å². The fourth-order valence-electron chi connectivity index (χ4n) is 2.13. The van der Waals surface area contributed by atoms with Gasteiger partial charge in [0, 0.05) is 7.05 Å². The molecule has 21 heavy (non-hydrogen) atoms. The van der Waals surface area contributed by atoms with E-state index in [0.29, 0.717) is 11.3 Å². The molecule has 0 aliphatic carbocycles. The van der Waals surface area contributed by atoms with Crippen molar-refractivity contribution in [3.05, 3.63) is 59.2 Å². The zero-order valence-electron chi connectivity index (χ0n) is 12.2. The largest absolute Gasteiger partial charge is 0.269 e. The van der Waals surface area contributed by atoms with Crippen molar-refractivity contribution >= 4 is 15.7 Å². The summed E-state index contributed by atoms with van der Waals surface area (Å²) in [4.78, 5) is 0.170. The van der Waals surface area contributed by atoms with E-state index in [1.54, 1.807) is 0 Å². The zero-order valence-corrected chi connectivity index (χ0v) is 13.0. The number of anilines is 1. The van der Waals surface area contributed by atoms with Gasteiger partial charge in [0.2, 0.25) is 0 Å². The monoisotopic (exact) mass is 300 g/mol. The minimum absolute atomic E-state index is 0.170. The molecule has 2 aromatic rings. The van der Waals surface area contributed by atoms with E-state index in [1.165, 1.54) is 35.6 Å². The van der Waals surface area contributed by atoms with E-state index in [-0.39, 0.29) is 4.90 Å². The third-order valence-corrected chi connectivity index (χ3v) is 5.01. The smallest absolute Gasteiger partial charge is 0.264 e. The quantitative estimate of drug-likeness (QED) is 0.875. The molecule has 0 bridgehead atoms. The first-order chi connectivity index (χ1) is 9.84. The Kier molecular flexibility index (Phi) is 4.01. The van der Waals surface area contributed by atoms with Crippen LogP contribution in [0.2, 0.25) is 0 Å². The van der Waals surface area contributed by atoms with Crippen LogP contribution in [-0.2, 0) is 10.0 Å². The number of rotatable bonds is 3. The van der Waals surface area contributed by atoms with E-state index in [9.17, 15) is 8.42 Å². The van der Waals surface area contributed by atoms with E-state index in [1.807, 2.05) is 38.1 Å². The van der Waals surface area contributed by atoms with E-state index < -0.39 is 10.0 Å². The average Bonchev–Trinajstić information content (AvgIpc) is 2.45. The van der Waals surface area contributed by atoms with Gasteiger partial charge in [0.15, 0.2) is 0 Å². The van der Waals surface area contributed by atoms with Gasteiger partial charge in [-0.05, 0) is 61.4 Å². The van der Waals surface area contributed by atoms with Gasteiger partial charge >= 0.3 is 0 Å². The Balaban J connectivity index is 2.44. The van der Waals surface area contributed by atoms with Crippen LogP contribution in [0.15, 0.2) is 47.4 Å². The molecule has 0 saturated heterocycles. The second-order valence-electron chi connectivity index (χ2n) is 4.95.